The van der Waals surface area contributed by atoms with Crippen LogP contribution in [-0.2, 0) is 23.1 Å². The first-order valence-electron chi connectivity index (χ1n) is 7.28. The quantitative estimate of drug-likeness (QED) is 0.746. The van der Waals surface area contributed by atoms with Crippen molar-refractivity contribution in [2.24, 2.45) is 0 Å². The molecule has 3 rings (SSSR count). The van der Waals surface area contributed by atoms with Gasteiger partial charge in [-0.2, -0.15) is 0 Å². The molecule has 1 atom stereocenters. The minimum atomic E-state index is -0.871. The van der Waals surface area contributed by atoms with Gasteiger partial charge in [0.2, 0.25) is 0 Å². The molecular formula is C18H17ClN2OS. The number of pyridine rings is 1. The van der Waals surface area contributed by atoms with Crippen LogP contribution in [0.3, 0.4) is 0 Å². The summed E-state index contributed by atoms with van der Waals surface area (Å²) in [6.45, 7) is 0.632. The van der Waals surface area contributed by atoms with Crippen molar-refractivity contribution in [1.82, 2.24) is 4.98 Å². The van der Waals surface area contributed by atoms with Crippen LogP contribution in [-0.4, -0.2) is 15.4 Å². The van der Waals surface area contributed by atoms with E-state index in [1.165, 1.54) is 0 Å². The first kappa shape index (κ1) is 16.0. The number of benzene rings is 2. The Morgan fingerprint density at radius 2 is 2.00 bits per heavy atom. The number of nitrogens with one attached hydrogen (secondary N) is 1. The Morgan fingerprint density at radius 3 is 2.83 bits per heavy atom. The molecule has 1 unspecified atom stereocenters. The van der Waals surface area contributed by atoms with Crippen molar-refractivity contribution in [3.05, 3.63) is 70.9 Å². The number of para-hydroxylation sites is 1. The number of halogens is 1. The number of fused-ring (bicyclic) bond motifs is 1. The van der Waals surface area contributed by atoms with Gasteiger partial charge in [-0.1, -0.05) is 41.9 Å². The van der Waals surface area contributed by atoms with E-state index in [0.29, 0.717) is 17.3 Å². The molecule has 0 amide bonds. The van der Waals surface area contributed by atoms with Crippen LogP contribution in [0, 0.1) is 0 Å². The molecule has 0 radical (unpaired) electrons. The molecule has 0 aliphatic carbocycles. The van der Waals surface area contributed by atoms with Crippen LogP contribution in [0.15, 0.2) is 54.7 Å². The normalized spacial score (nSPS) is 12.3. The van der Waals surface area contributed by atoms with Crippen LogP contribution in [0.1, 0.15) is 11.1 Å². The van der Waals surface area contributed by atoms with Gasteiger partial charge in [-0.25, -0.2) is 0 Å². The van der Waals surface area contributed by atoms with E-state index < -0.39 is 10.8 Å². The van der Waals surface area contributed by atoms with Crippen molar-refractivity contribution < 1.29 is 4.21 Å². The highest BCUT2D eigenvalue weighted by atomic mass is 35.5. The molecule has 5 heteroatoms. The summed E-state index contributed by atoms with van der Waals surface area (Å²) in [6.07, 6.45) is 3.50. The van der Waals surface area contributed by atoms with Crippen LogP contribution in [0.5, 0.6) is 0 Å². The molecule has 0 saturated carbocycles. The lowest BCUT2D eigenvalue weighted by atomic mass is 10.1. The summed E-state index contributed by atoms with van der Waals surface area (Å²) >= 11 is 6.26. The van der Waals surface area contributed by atoms with E-state index in [1.807, 2.05) is 30.3 Å². The fourth-order valence-electron chi connectivity index (χ4n) is 2.53. The van der Waals surface area contributed by atoms with Crippen LogP contribution in [0.2, 0.25) is 5.02 Å². The van der Waals surface area contributed by atoms with Crippen LogP contribution >= 0.6 is 11.6 Å². The van der Waals surface area contributed by atoms with Crippen LogP contribution in [0.4, 0.5) is 5.69 Å². The number of rotatable bonds is 5. The Kier molecular flexibility index (Phi) is 4.94. The van der Waals surface area contributed by atoms with Gasteiger partial charge in [0.1, 0.15) is 0 Å². The maximum absolute atomic E-state index is 11.4. The highest BCUT2D eigenvalue weighted by Gasteiger charge is 2.06. The molecule has 0 fully saturated rings. The van der Waals surface area contributed by atoms with Gasteiger partial charge >= 0.3 is 0 Å². The maximum atomic E-state index is 11.4. The Morgan fingerprint density at radius 1 is 1.17 bits per heavy atom. The van der Waals surface area contributed by atoms with Crippen molar-refractivity contribution in [2.75, 3.05) is 11.6 Å². The van der Waals surface area contributed by atoms with Crippen LogP contribution < -0.4 is 5.32 Å². The lowest BCUT2D eigenvalue weighted by Gasteiger charge is -2.11. The Balaban J connectivity index is 1.83. The summed E-state index contributed by atoms with van der Waals surface area (Å²) in [5.41, 5.74) is 3.96. The van der Waals surface area contributed by atoms with E-state index in [1.54, 1.807) is 12.5 Å². The molecule has 0 aliphatic rings. The summed E-state index contributed by atoms with van der Waals surface area (Å²) < 4.78 is 11.4. The zero-order chi connectivity index (χ0) is 16.2. The molecule has 118 valence electrons. The minimum Gasteiger partial charge on any atom is -0.380 e. The third-order valence-electron chi connectivity index (χ3n) is 3.59. The molecule has 0 saturated heterocycles. The monoisotopic (exact) mass is 344 g/mol. The van der Waals surface area contributed by atoms with Gasteiger partial charge in [0.05, 0.1) is 16.2 Å². The topological polar surface area (TPSA) is 42.0 Å². The third-order valence-corrected chi connectivity index (χ3v) is 4.66. The first-order chi connectivity index (χ1) is 11.1. The smallest absolute Gasteiger partial charge is 0.0751 e. The fraction of sp³-hybridized carbons (Fsp3) is 0.167. The molecular weight excluding hydrogens is 328 g/mol. The van der Waals surface area contributed by atoms with Crippen molar-refractivity contribution in [3.63, 3.8) is 0 Å². The zero-order valence-electron chi connectivity index (χ0n) is 12.8. The van der Waals surface area contributed by atoms with E-state index in [4.69, 9.17) is 11.6 Å². The van der Waals surface area contributed by atoms with Gasteiger partial charge in [0.15, 0.2) is 0 Å². The highest BCUT2D eigenvalue weighted by Crippen LogP contribution is 2.25. The average molecular weight is 345 g/mol. The molecule has 1 aromatic heterocycles. The number of hydrogen-bond donors (Lipinski definition) is 1. The summed E-state index contributed by atoms with van der Waals surface area (Å²) in [5.74, 6) is 0.529. The number of nitrogens with zero attached hydrogens (tertiary/aromatic N) is 1. The van der Waals surface area contributed by atoms with Crippen molar-refractivity contribution >= 4 is 39.0 Å². The third kappa shape index (κ3) is 3.89. The second kappa shape index (κ2) is 7.11. The van der Waals surface area contributed by atoms with E-state index in [9.17, 15) is 4.21 Å². The second-order valence-corrected chi connectivity index (χ2v) is 7.22. The van der Waals surface area contributed by atoms with E-state index in [-0.39, 0.29) is 0 Å². The number of aromatic nitrogens is 1. The molecule has 0 spiro atoms. The molecule has 2 aromatic carbocycles. The molecule has 23 heavy (non-hydrogen) atoms. The number of hydrogen-bond acceptors (Lipinski definition) is 3. The van der Waals surface area contributed by atoms with E-state index in [2.05, 4.69) is 28.5 Å². The van der Waals surface area contributed by atoms with Gasteiger partial charge < -0.3 is 5.32 Å². The van der Waals surface area contributed by atoms with Gasteiger partial charge in [-0.15, -0.1) is 0 Å². The standard InChI is InChI=1S/C18H17ClN2OS/c1-23(22)12-13-7-8-16(19)17(10-13)21-11-15-5-2-4-14-6-3-9-20-18(14)15/h2-10,21H,11-12H2,1H3. The molecule has 0 bridgehead atoms. The van der Waals surface area contributed by atoms with E-state index in [0.717, 1.165) is 27.7 Å². The summed E-state index contributed by atoms with van der Waals surface area (Å²) in [6, 6.07) is 15.8. The lowest BCUT2D eigenvalue weighted by Crippen LogP contribution is -2.02. The predicted octanol–water partition coefficient (Wildman–Crippen LogP) is 4.38. The highest BCUT2D eigenvalue weighted by molar-refractivity contribution is 7.83. The van der Waals surface area contributed by atoms with Crippen LogP contribution in [0.25, 0.3) is 10.9 Å². The summed E-state index contributed by atoms with van der Waals surface area (Å²) in [4.78, 5) is 4.46. The Bertz CT molecular complexity index is 861. The Hall–Kier alpha value is -1.91. The molecule has 3 nitrogen and oxygen atoms in total. The second-order valence-electron chi connectivity index (χ2n) is 5.38. The van der Waals surface area contributed by atoms with Gasteiger partial charge in [0.25, 0.3) is 0 Å². The number of anilines is 1. The SMILES string of the molecule is CS(=O)Cc1ccc(Cl)c(NCc2cccc3cccnc23)c1. The summed E-state index contributed by atoms with van der Waals surface area (Å²) in [5, 5.41) is 5.14. The fourth-order valence-corrected chi connectivity index (χ4v) is 3.37. The molecule has 3 aromatic rings. The molecule has 1 heterocycles. The van der Waals surface area contributed by atoms with E-state index >= 15 is 0 Å². The minimum absolute atomic E-state index is 0.529. The predicted molar refractivity (Wildman–Crippen MR) is 98.3 cm³/mol. The molecule has 0 aliphatic heterocycles. The largest absolute Gasteiger partial charge is 0.380 e. The summed E-state index contributed by atoms with van der Waals surface area (Å²) in [7, 11) is -0.871. The lowest BCUT2D eigenvalue weighted by molar-refractivity contribution is 0.686. The van der Waals surface area contributed by atoms with Crippen molar-refractivity contribution in [2.45, 2.75) is 12.3 Å². The van der Waals surface area contributed by atoms with Crippen molar-refractivity contribution in [1.29, 1.82) is 0 Å². The van der Waals surface area contributed by atoms with Crippen molar-refractivity contribution in [3.8, 4) is 0 Å². The first-order valence-corrected chi connectivity index (χ1v) is 9.39. The zero-order valence-corrected chi connectivity index (χ0v) is 14.3. The molecule has 1 N–H and O–H groups in total. The van der Waals surface area contributed by atoms with Gasteiger partial charge in [-0.3, -0.25) is 9.19 Å². The Labute approximate surface area is 143 Å². The average Bonchev–Trinajstić information content (AvgIpc) is 2.55. The van der Waals surface area contributed by atoms with Gasteiger partial charge in [-0.05, 0) is 29.3 Å². The van der Waals surface area contributed by atoms with Gasteiger partial charge in [0, 0.05) is 40.9 Å². The maximum Gasteiger partial charge on any atom is 0.0751 e.